The molecule has 5 heterocycles. The van der Waals surface area contributed by atoms with Gasteiger partial charge in [-0.3, -0.25) is 0 Å². The standard InChI is InChI=1S/C81H61BN4/c1-6-22-55(23-7-1)60-40-42-71-75(49-60)85(80-65(56-24-8-2-9-25-56)34-20-35-66(80)57-26-10-3-11-27-57)77-51-64(84-73-38-18-16-32-69(73)70-33-17-19-39-74(70)84)52-78-79(77)82(71)72-43-41-61(83-62-45-53-44-54(47-62)48-63(83)46-53)50-76(72)86(78)81-67(58-28-12-4-13-29-58)36-21-37-68(81)59-30-14-5-15-31-59/h1-43,49-54,62-63H,44-48H2. The Kier molecular flexibility index (Phi) is 11.3. The van der Waals surface area contributed by atoms with Crippen LogP contribution >= 0.6 is 0 Å². The van der Waals surface area contributed by atoms with Gasteiger partial charge in [-0.25, -0.2) is 0 Å². The highest BCUT2D eigenvalue weighted by atomic mass is 15.2. The summed E-state index contributed by atoms with van der Waals surface area (Å²) in [6.07, 6.45) is 6.59. The molecule has 2 saturated carbocycles. The van der Waals surface area contributed by atoms with Crippen molar-refractivity contribution in [3.05, 3.63) is 285 Å². The van der Waals surface area contributed by atoms with Gasteiger partial charge in [-0.2, -0.15) is 0 Å². The van der Waals surface area contributed by atoms with Crippen molar-refractivity contribution < 1.29 is 0 Å². The van der Waals surface area contributed by atoms with Crippen LogP contribution in [-0.2, 0) is 0 Å². The van der Waals surface area contributed by atoms with Gasteiger partial charge in [0.1, 0.15) is 0 Å². The second-order valence-corrected chi connectivity index (χ2v) is 24.7. The number of para-hydroxylation sites is 4. The summed E-state index contributed by atoms with van der Waals surface area (Å²) in [6.45, 7) is -0.134. The fourth-order valence-electron chi connectivity index (χ4n) is 16.7. The highest BCUT2D eigenvalue weighted by Crippen LogP contribution is 2.56. The van der Waals surface area contributed by atoms with Gasteiger partial charge >= 0.3 is 0 Å². The van der Waals surface area contributed by atoms with E-state index in [-0.39, 0.29) is 6.71 Å². The third-order valence-electron chi connectivity index (χ3n) is 20.0. The Morgan fingerprint density at radius 1 is 0.291 bits per heavy atom. The number of piperidine rings is 2. The first-order chi connectivity index (χ1) is 42.7. The molecular formula is C81H61BN4. The Labute approximate surface area is 503 Å². The molecule has 0 spiro atoms. The van der Waals surface area contributed by atoms with Crippen LogP contribution in [0.2, 0.25) is 0 Å². The fourth-order valence-corrected chi connectivity index (χ4v) is 16.7. The number of nitrogens with zero attached hydrogens (tertiary/aromatic N) is 4. The largest absolute Gasteiger partial charge is 0.365 e. The van der Waals surface area contributed by atoms with E-state index in [1.165, 1.54) is 154 Å². The molecule has 4 bridgehead atoms. The van der Waals surface area contributed by atoms with Gasteiger partial charge in [0.2, 0.25) is 0 Å². The van der Waals surface area contributed by atoms with Crippen molar-refractivity contribution in [3.8, 4) is 61.3 Å². The van der Waals surface area contributed by atoms with Crippen LogP contribution in [0.1, 0.15) is 32.1 Å². The summed E-state index contributed by atoms with van der Waals surface area (Å²) in [7, 11) is 0. The summed E-state index contributed by atoms with van der Waals surface area (Å²) in [5.74, 6) is 1.69. The zero-order valence-corrected chi connectivity index (χ0v) is 47.8. The maximum atomic E-state index is 2.90. The first kappa shape index (κ1) is 49.3. The summed E-state index contributed by atoms with van der Waals surface area (Å²) in [4.78, 5) is 8.34. The molecular weight excluding hydrogens is 1040 g/mol. The van der Waals surface area contributed by atoms with E-state index in [9.17, 15) is 0 Å². The summed E-state index contributed by atoms with van der Waals surface area (Å²) < 4.78 is 2.55. The van der Waals surface area contributed by atoms with Crippen molar-refractivity contribution >= 4 is 84.7 Å². The van der Waals surface area contributed by atoms with E-state index < -0.39 is 0 Å². The van der Waals surface area contributed by atoms with Crippen LogP contribution in [0.3, 0.4) is 0 Å². The molecule has 2 saturated heterocycles. The number of anilines is 7. The van der Waals surface area contributed by atoms with E-state index in [0.717, 1.165) is 28.9 Å². The Morgan fingerprint density at radius 3 is 1.13 bits per heavy atom. The quantitative estimate of drug-likeness (QED) is 0.134. The minimum absolute atomic E-state index is 0.134. The predicted molar refractivity (Wildman–Crippen MR) is 362 cm³/mol. The molecule has 0 unspecified atom stereocenters. The van der Waals surface area contributed by atoms with Crippen molar-refractivity contribution in [2.75, 3.05) is 14.7 Å². The molecule has 12 aromatic carbocycles. The Balaban J connectivity index is 1.02. The monoisotopic (exact) mass is 1100 g/mol. The van der Waals surface area contributed by atoms with E-state index in [0.29, 0.717) is 12.1 Å². The smallest absolute Gasteiger partial charge is 0.252 e. The molecule has 0 atom stereocenters. The van der Waals surface area contributed by atoms with Gasteiger partial charge in [0, 0.05) is 73.5 Å². The molecule has 4 fully saturated rings. The second-order valence-electron chi connectivity index (χ2n) is 24.7. The third-order valence-corrected chi connectivity index (χ3v) is 20.0. The first-order valence-electron chi connectivity index (χ1n) is 31.0. The lowest BCUT2D eigenvalue weighted by atomic mass is 9.33. The number of hydrogen-bond acceptors (Lipinski definition) is 3. The number of aromatic nitrogens is 1. The number of fused-ring (bicyclic) bond motifs is 7. The van der Waals surface area contributed by atoms with Crippen molar-refractivity contribution in [3.63, 3.8) is 0 Å². The highest BCUT2D eigenvalue weighted by Gasteiger charge is 2.49. The van der Waals surface area contributed by atoms with Gasteiger partial charge in [-0.15, -0.1) is 0 Å². The molecule has 0 amide bonds. The molecule has 1 aromatic heterocycles. The van der Waals surface area contributed by atoms with Crippen LogP contribution in [0.4, 0.5) is 39.8 Å². The number of hydrogen-bond donors (Lipinski definition) is 0. The lowest BCUT2D eigenvalue weighted by Crippen LogP contribution is -2.62. The Bertz CT molecular complexity index is 4590. The lowest BCUT2D eigenvalue weighted by molar-refractivity contribution is 0.0900. The van der Waals surface area contributed by atoms with Gasteiger partial charge in [-0.1, -0.05) is 243 Å². The first-order valence-corrected chi connectivity index (χ1v) is 31.0. The average Bonchev–Trinajstić information content (AvgIpc) is 1.00. The van der Waals surface area contributed by atoms with Gasteiger partial charge in [0.25, 0.3) is 6.71 Å². The molecule has 0 radical (unpaired) electrons. The molecule has 2 aliphatic carbocycles. The summed E-state index contributed by atoms with van der Waals surface area (Å²) in [5, 5.41) is 2.47. The fraction of sp³-hybridized carbons (Fsp3) is 0.111. The maximum Gasteiger partial charge on any atom is 0.252 e. The molecule has 0 N–H and O–H groups in total. The van der Waals surface area contributed by atoms with Gasteiger partial charge < -0.3 is 19.3 Å². The SMILES string of the molecule is c1ccc(-c2ccc3c(c2)N(c2c(-c4ccccc4)cccc2-c2ccccc2)c2cc(-n4c5ccccc5c5ccccc54)cc4c2B3c2ccc(N3C5CC6CC(C5)CC3C6)cc2N4c2c(-c3ccccc3)cccc2-c2ccccc2)cc1. The molecule has 4 aliphatic heterocycles. The van der Waals surface area contributed by atoms with E-state index >= 15 is 0 Å². The molecule has 5 heteroatoms. The summed E-state index contributed by atoms with van der Waals surface area (Å²) in [5.41, 5.74) is 27.5. The maximum absolute atomic E-state index is 2.90. The highest BCUT2D eigenvalue weighted by molar-refractivity contribution is 7.00. The molecule has 19 rings (SSSR count). The van der Waals surface area contributed by atoms with Crippen molar-refractivity contribution in [2.24, 2.45) is 11.8 Å². The number of benzene rings is 12. The zero-order chi connectivity index (χ0) is 56.4. The second kappa shape index (κ2) is 19.8. The van der Waals surface area contributed by atoms with Gasteiger partial charge in [0.15, 0.2) is 0 Å². The third kappa shape index (κ3) is 7.70. The summed E-state index contributed by atoms with van der Waals surface area (Å²) in [6, 6.07) is 109. The topological polar surface area (TPSA) is 14.7 Å². The molecule has 13 aromatic rings. The molecule has 4 nitrogen and oxygen atoms in total. The van der Waals surface area contributed by atoms with E-state index in [2.05, 4.69) is 304 Å². The van der Waals surface area contributed by atoms with E-state index in [1.807, 2.05) is 0 Å². The van der Waals surface area contributed by atoms with Gasteiger partial charge in [-0.05, 0) is 136 Å². The zero-order valence-electron chi connectivity index (χ0n) is 47.8. The lowest BCUT2D eigenvalue weighted by Gasteiger charge is -2.57. The normalized spacial score (nSPS) is 17.9. The minimum Gasteiger partial charge on any atom is -0.365 e. The molecule has 6 aliphatic rings. The Hall–Kier alpha value is -10.1. The van der Waals surface area contributed by atoms with Crippen molar-refractivity contribution in [1.29, 1.82) is 0 Å². The molecule has 408 valence electrons. The van der Waals surface area contributed by atoms with Crippen molar-refractivity contribution in [1.82, 2.24) is 4.57 Å². The van der Waals surface area contributed by atoms with Crippen LogP contribution in [0.15, 0.2) is 285 Å². The van der Waals surface area contributed by atoms with Crippen LogP contribution in [-0.4, -0.2) is 23.4 Å². The van der Waals surface area contributed by atoms with E-state index in [1.54, 1.807) is 0 Å². The van der Waals surface area contributed by atoms with Crippen LogP contribution in [0, 0.1) is 11.8 Å². The van der Waals surface area contributed by atoms with Crippen LogP contribution in [0.25, 0.3) is 83.1 Å². The molecule has 86 heavy (non-hydrogen) atoms. The predicted octanol–water partition coefficient (Wildman–Crippen LogP) is 19.0. The van der Waals surface area contributed by atoms with Crippen LogP contribution < -0.4 is 31.1 Å². The Morgan fingerprint density at radius 2 is 0.674 bits per heavy atom. The van der Waals surface area contributed by atoms with Crippen LogP contribution in [0.5, 0.6) is 0 Å². The summed E-state index contributed by atoms with van der Waals surface area (Å²) >= 11 is 0. The van der Waals surface area contributed by atoms with E-state index in [4.69, 9.17) is 0 Å². The van der Waals surface area contributed by atoms with Gasteiger partial charge in [0.05, 0.1) is 28.1 Å². The average molecular weight is 1100 g/mol. The van der Waals surface area contributed by atoms with Crippen molar-refractivity contribution in [2.45, 2.75) is 44.2 Å². The number of rotatable bonds is 9. The minimum atomic E-state index is -0.134.